The third-order valence-corrected chi connectivity index (χ3v) is 1.63. The monoisotopic (exact) mass is 160 g/mol. The van der Waals surface area contributed by atoms with Gasteiger partial charge in [0.1, 0.15) is 6.33 Å². The molecule has 0 aliphatic rings. The zero-order valence-corrected chi connectivity index (χ0v) is 6.19. The van der Waals surface area contributed by atoms with Crippen molar-refractivity contribution >= 4 is 17.1 Å². The van der Waals surface area contributed by atoms with Gasteiger partial charge in [0.2, 0.25) is 0 Å². The largest absolute Gasteiger partial charge is 0.351 e. The quantitative estimate of drug-likeness (QED) is 0.618. The summed E-state index contributed by atoms with van der Waals surface area (Å²) in [5, 5.41) is 0. The summed E-state index contributed by atoms with van der Waals surface area (Å²) < 4.78 is 1.29. The minimum absolute atomic E-state index is 0.524. The third-order valence-electron chi connectivity index (χ3n) is 1.63. The van der Waals surface area contributed by atoms with E-state index in [1.807, 2.05) is 0 Å². The van der Waals surface area contributed by atoms with Gasteiger partial charge in [-0.15, -0.1) is 0 Å². The molecule has 2 aromatic rings. The number of nitrogens with two attached hydrogens (primary N) is 1. The van der Waals surface area contributed by atoms with E-state index < -0.39 is 6.03 Å². The first-order valence-electron chi connectivity index (χ1n) is 3.42. The predicted molar refractivity (Wildman–Crippen MR) is 43.6 cm³/mol. The third kappa shape index (κ3) is 0.852. The van der Waals surface area contributed by atoms with E-state index in [9.17, 15) is 4.79 Å². The van der Waals surface area contributed by atoms with E-state index in [-0.39, 0.29) is 0 Å². The molecule has 0 unspecified atom stereocenters. The molecule has 1 radical (unpaired) electrons. The van der Waals surface area contributed by atoms with Crippen LogP contribution in [0.1, 0.15) is 0 Å². The highest BCUT2D eigenvalue weighted by Crippen LogP contribution is 2.09. The van der Waals surface area contributed by atoms with E-state index in [2.05, 4.69) is 11.1 Å². The summed E-state index contributed by atoms with van der Waals surface area (Å²) in [5.74, 6) is 0. The molecule has 0 fully saturated rings. The van der Waals surface area contributed by atoms with E-state index in [1.165, 1.54) is 10.9 Å². The van der Waals surface area contributed by atoms with Crippen LogP contribution < -0.4 is 5.73 Å². The molecular formula is C8H6N3O. The fourth-order valence-corrected chi connectivity index (χ4v) is 1.08. The van der Waals surface area contributed by atoms with Crippen molar-refractivity contribution in [3.8, 4) is 0 Å². The maximum absolute atomic E-state index is 10.8. The predicted octanol–water partition coefficient (Wildman–Crippen LogP) is 0.763. The molecule has 0 saturated heterocycles. The molecule has 0 aliphatic carbocycles. The molecule has 1 aromatic heterocycles. The second-order valence-electron chi connectivity index (χ2n) is 2.37. The highest BCUT2D eigenvalue weighted by molar-refractivity contribution is 5.87. The lowest BCUT2D eigenvalue weighted by molar-refractivity contribution is 0.251. The number of imidazole rings is 1. The number of amides is 1. The zero-order valence-electron chi connectivity index (χ0n) is 6.19. The Morgan fingerprint density at radius 1 is 1.67 bits per heavy atom. The Morgan fingerprint density at radius 3 is 3.25 bits per heavy atom. The van der Waals surface area contributed by atoms with Crippen LogP contribution in [-0.2, 0) is 0 Å². The Hall–Kier alpha value is -1.84. The van der Waals surface area contributed by atoms with Gasteiger partial charge >= 0.3 is 6.03 Å². The number of benzene rings is 1. The number of hydrogen-bond acceptors (Lipinski definition) is 2. The first-order valence-corrected chi connectivity index (χ1v) is 3.42. The van der Waals surface area contributed by atoms with Gasteiger partial charge in [0, 0.05) is 0 Å². The van der Waals surface area contributed by atoms with Gasteiger partial charge in [-0.25, -0.2) is 9.78 Å². The molecule has 1 aromatic carbocycles. The lowest BCUT2D eigenvalue weighted by Gasteiger charge is -1.94. The van der Waals surface area contributed by atoms with Gasteiger partial charge in [-0.2, -0.15) is 0 Å². The first kappa shape index (κ1) is 6.84. The molecule has 0 aliphatic heterocycles. The van der Waals surface area contributed by atoms with E-state index in [1.54, 1.807) is 18.2 Å². The van der Waals surface area contributed by atoms with E-state index in [0.717, 1.165) is 5.52 Å². The number of hydrogen-bond donors (Lipinski definition) is 1. The van der Waals surface area contributed by atoms with Gasteiger partial charge in [0.05, 0.1) is 11.0 Å². The van der Waals surface area contributed by atoms with Gasteiger partial charge in [-0.1, -0.05) is 6.07 Å². The zero-order chi connectivity index (χ0) is 8.55. The average molecular weight is 160 g/mol. The molecular weight excluding hydrogens is 154 g/mol. The van der Waals surface area contributed by atoms with E-state index in [0.29, 0.717) is 5.52 Å². The summed E-state index contributed by atoms with van der Waals surface area (Å²) in [4.78, 5) is 14.8. The van der Waals surface area contributed by atoms with E-state index in [4.69, 9.17) is 5.73 Å². The number of nitrogens with zero attached hydrogens (tertiary/aromatic N) is 2. The lowest BCUT2D eigenvalue weighted by atomic mass is 10.3. The van der Waals surface area contributed by atoms with E-state index >= 15 is 0 Å². The minimum Gasteiger partial charge on any atom is -0.351 e. The van der Waals surface area contributed by atoms with Gasteiger partial charge in [-0.05, 0) is 18.2 Å². The number of carbonyl (C=O) groups excluding carboxylic acids is 1. The summed E-state index contributed by atoms with van der Waals surface area (Å²) >= 11 is 0. The minimum atomic E-state index is -0.524. The fraction of sp³-hybridized carbons (Fsp3) is 0. The standard InChI is InChI=1S/C8H6N3O/c9-8(12)11-5-10-6-3-1-2-4-7(6)11/h2-5H,(H2,9,12). The Morgan fingerprint density at radius 2 is 2.50 bits per heavy atom. The summed E-state index contributed by atoms with van der Waals surface area (Å²) in [5.41, 5.74) is 6.53. The van der Waals surface area contributed by atoms with Crippen molar-refractivity contribution in [1.82, 2.24) is 9.55 Å². The van der Waals surface area contributed by atoms with Crippen molar-refractivity contribution in [2.24, 2.45) is 5.73 Å². The topological polar surface area (TPSA) is 60.9 Å². The maximum atomic E-state index is 10.8. The van der Waals surface area contributed by atoms with Crippen LogP contribution in [0.3, 0.4) is 0 Å². The van der Waals surface area contributed by atoms with Crippen LogP contribution in [0.25, 0.3) is 11.0 Å². The van der Waals surface area contributed by atoms with Crippen LogP contribution in [-0.4, -0.2) is 15.6 Å². The van der Waals surface area contributed by atoms with Gasteiger partial charge in [0.15, 0.2) is 0 Å². The SMILES string of the molecule is NC(=O)n1cnc2c[c]ccc21. The molecule has 2 N–H and O–H groups in total. The summed E-state index contributed by atoms with van der Waals surface area (Å²) in [6, 6.07) is 7.49. The van der Waals surface area contributed by atoms with Crippen LogP contribution in [0, 0.1) is 6.07 Å². The van der Waals surface area contributed by atoms with Crippen molar-refractivity contribution in [3.05, 3.63) is 30.6 Å². The second-order valence-corrected chi connectivity index (χ2v) is 2.37. The summed E-state index contributed by atoms with van der Waals surface area (Å²) in [6.07, 6.45) is 1.40. The molecule has 0 bridgehead atoms. The molecule has 0 saturated carbocycles. The molecule has 59 valence electrons. The second kappa shape index (κ2) is 2.34. The Bertz CT molecular complexity index is 433. The number of primary amides is 1. The number of fused-ring (bicyclic) bond motifs is 1. The van der Waals surface area contributed by atoms with Crippen LogP contribution in [0.2, 0.25) is 0 Å². The average Bonchev–Trinajstić information content (AvgIpc) is 2.47. The van der Waals surface area contributed by atoms with Gasteiger partial charge < -0.3 is 5.73 Å². The fourth-order valence-electron chi connectivity index (χ4n) is 1.08. The van der Waals surface area contributed by atoms with Crippen molar-refractivity contribution in [1.29, 1.82) is 0 Å². The van der Waals surface area contributed by atoms with Crippen LogP contribution in [0.5, 0.6) is 0 Å². The molecule has 2 rings (SSSR count). The number of aromatic nitrogens is 2. The van der Waals surface area contributed by atoms with Crippen LogP contribution in [0.4, 0.5) is 4.79 Å². The molecule has 0 spiro atoms. The smallest absolute Gasteiger partial charge is 0.324 e. The normalized spacial score (nSPS) is 10.3. The lowest BCUT2D eigenvalue weighted by Crippen LogP contribution is -2.18. The molecule has 0 atom stereocenters. The van der Waals surface area contributed by atoms with Crippen LogP contribution in [0.15, 0.2) is 24.5 Å². The van der Waals surface area contributed by atoms with Crippen molar-refractivity contribution < 1.29 is 4.79 Å². The van der Waals surface area contributed by atoms with Crippen molar-refractivity contribution in [3.63, 3.8) is 0 Å². The van der Waals surface area contributed by atoms with Gasteiger partial charge in [0.25, 0.3) is 0 Å². The van der Waals surface area contributed by atoms with Gasteiger partial charge in [-0.3, -0.25) is 4.57 Å². The Kier molecular flexibility index (Phi) is 1.33. The molecule has 4 heteroatoms. The Balaban J connectivity index is 2.79. The maximum Gasteiger partial charge on any atom is 0.324 e. The van der Waals surface area contributed by atoms with Crippen molar-refractivity contribution in [2.75, 3.05) is 0 Å². The molecule has 1 heterocycles. The number of rotatable bonds is 0. The Labute approximate surface area is 68.6 Å². The van der Waals surface area contributed by atoms with Crippen molar-refractivity contribution in [2.45, 2.75) is 0 Å². The number of carbonyl (C=O) groups is 1. The summed E-state index contributed by atoms with van der Waals surface area (Å²) in [6.45, 7) is 0. The molecule has 1 amide bonds. The first-order chi connectivity index (χ1) is 5.79. The highest BCUT2D eigenvalue weighted by Gasteiger charge is 2.03. The van der Waals surface area contributed by atoms with Crippen LogP contribution >= 0.6 is 0 Å². The molecule has 4 nitrogen and oxygen atoms in total. The highest BCUT2D eigenvalue weighted by atomic mass is 16.2. The molecule has 12 heavy (non-hydrogen) atoms. The summed E-state index contributed by atoms with van der Waals surface area (Å²) in [7, 11) is 0.